The molecule has 0 spiro atoms. The number of benzene rings is 1. The second kappa shape index (κ2) is 5.82. The van der Waals surface area contributed by atoms with Crippen molar-refractivity contribution in [2.24, 2.45) is 0 Å². The van der Waals surface area contributed by atoms with E-state index < -0.39 is 0 Å². The topological polar surface area (TPSA) is 49.8 Å². The van der Waals surface area contributed by atoms with Crippen molar-refractivity contribution < 1.29 is 14.6 Å². The van der Waals surface area contributed by atoms with Gasteiger partial charge in [-0.1, -0.05) is 22.0 Å². The molecule has 98 valence electrons. The average molecular weight is 314 g/mol. The number of hydrogen-bond donors (Lipinski definition) is 1. The van der Waals surface area contributed by atoms with Gasteiger partial charge >= 0.3 is 0 Å². The number of halogens is 1. The quantitative estimate of drug-likeness (QED) is 0.923. The Morgan fingerprint density at radius 1 is 1.61 bits per heavy atom. The Morgan fingerprint density at radius 3 is 3.00 bits per heavy atom. The Morgan fingerprint density at radius 2 is 2.39 bits per heavy atom. The van der Waals surface area contributed by atoms with E-state index in [1.54, 1.807) is 24.1 Å². The second-order valence-corrected chi connectivity index (χ2v) is 5.31. The SMILES string of the molecule is CO[C@H]1C[C@@H](CO)N(C(=O)c2cccc(Br)c2)C1. The van der Waals surface area contributed by atoms with E-state index in [0.717, 1.165) is 4.47 Å². The molecule has 0 radical (unpaired) electrons. The molecule has 1 N–H and O–H groups in total. The molecule has 1 aliphatic rings. The van der Waals surface area contributed by atoms with E-state index in [4.69, 9.17) is 4.74 Å². The monoisotopic (exact) mass is 313 g/mol. The number of methoxy groups -OCH3 is 1. The second-order valence-electron chi connectivity index (χ2n) is 4.40. The molecule has 5 heteroatoms. The molecule has 1 saturated heterocycles. The number of hydrogen-bond acceptors (Lipinski definition) is 3. The summed E-state index contributed by atoms with van der Waals surface area (Å²) in [5.41, 5.74) is 0.625. The molecular weight excluding hydrogens is 298 g/mol. The summed E-state index contributed by atoms with van der Waals surface area (Å²) in [4.78, 5) is 14.1. The summed E-state index contributed by atoms with van der Waals surface area (Å²) in [7, 11) is 1.63. The summed E-state index contributed by atoms with van der Waals surface area (Å²) in [5, 5.41) is 9.34. The fourth-order valence-electron chi connectivity index (χ4n) is 2.25. The van der Waals surface area contributed by atoms with E-state index >= 15 is 0 Å². The molecular formula is C13H16BrNO3. The van der Waals surface area contributed by atoms with Crippen LogP contribution in [0.4, 0.5) is 0 Å². The van der Waals surface area contributed by atoms with Crippen LogP contribution in [0.2, 0.25) is 0 Å². The molecule has 1 aliphatic heterocycles. The van der Waals surface area contributed by atoms with Crippen molar-refractivity contribution >= 4 is 21.8 Å². The highest BCUT2D eigenvalue weighted by atomic mass is 79.9. The summed E-state index contributed by atoms with van der Waals surface area (Å²) in [5.74, 6) is -0.0603. The largest absolute Gasteiger partial charge is 0.394 e. The third-order valence-electron chi connectivity index (χ3n) is 3.25. The summed E-state index contributed by atoms with van der Waals surface area (Å²) in [6.45, 7) is 0.507. The number of carbonyl (C=O) groups excluding carboxylic acids is 1. The van der Waals surface area contributed by atoms with Crippen molar-refractivity contribution in [2.45, 2.75) is 18.6 Å². The first-order chi connectivity index (χ1) is 8.65. The van der Waals surface area contributed by atoms with Crippen LogP contribution in [-0.2, 0) is 4.74 Å². The van der Waals surface area contributed by atoms with Crippen molar-refractivity contribution in [3.8, 4) is 0 Å². The fourth-order valence-corrected chi connectivity index (χ4v) is 2.65. The lowest BCUT2D eigenvalue weighted by Gasteiger charge is -2.22. The first kappa shape index (κ1) is 13.5. The molecule has 0 saturated carbocycles. The maximum Gasteiger partial charge on any atom is 0.254 e. The molecule has 0 aromatic heterocycles. The fraction of sp³-hybridized carbons (Fsp3) is 0.462. The number of likely N-dealkylation sites (tertiary alicyclic amines) is 1. The average Bonchev–Trinajstić information content (AvgIpc) is 2.81. The van der Waals surface area contributed by atoms with Gasteiger partial charge in [-0.15, -0.1) is 0 Å². The Kier molecular flexibility index (Phi) is 4.37. The van der Waals surface area contributed by atoms with Crippen LogP contribution in [0.5, 0.6) is 0 Å². The molecule has 4 nitrogen and oxygen atoms in total. The minimum Gasteiger partial charge on any atom is -0.394 e. The number of ether oxygens (including phenoxy) is 1. The van der Waals surface area contributed by atoms with Crippen molar-refractivity contribution in [1.29, 1.82) is 0 Å². The van der Waals surface area contributed by atoms with E-state index in [1.807, 2.05) is 12.1 Å². The Balaban J connectivity index is 2.17. The molecule has 0 aliphatic carbocycles. The van der Waals surface area contributed by atoms with Gasteiger partial charge < -0.3 is 14.7 Å². The highest BCUT2D eigenvalue weighted by Gasteiger charge is 2.35. The molecule has 1 heterocycles. The lowest BCUT2D eigenvalue weighted by atomic mass is 10.1. The summed E-state index contributed by atoms with van der Waals surface area (Å²) < 4.78 is 6.14. The number of amides is 1. The van der Waals surface area contributed by atoms with Gasteiger partial charge in [0.1, 0.15) is 0 Å². The minimum absolute atomic E-state index is 0.0123. The van der Waals surface area contributed by atoms with Crippen molar-refractivity contribution in [2.75, 3.05) is 20.3 Å². The van der Waals surface area contributed by atoms with Crippen LogP contribution in [0.1, 0.15) is 16.8 Å². The molecule has 0 unspecified atom stereocenters. The third-order valence-corrected chi connectivity index (χ3v) is 3.75. The normalized spacial score (nSPS) is 23.4. The zero-order valence-corrected chi connectivity index (χ0v) is 11.8. The molecule has 1 fully saturated rings. The predicted octanol–water partition coefficient (Wildman–Crippen LogP) is 1.67. The van der Waals surface area contributed by atoms with E-state index in [1.165, 1.54) is 0 Å². The molecule has 1 amide bonds. The maximum atomic E-state index is 12.4. The van der Waals surface area contributed by atoms with Crippen molar-refractivity contribution in [3.63, 3.8) is 0 Å². The summed E-state index contributed by atoms with van der Waals surface area (Å²) in [6.07, 6.45) is 0.700. The van der Waals surface area contributed by atoms with Gasteiger partial charge in [0.15, 0.2) is 0 Å². The van der Waals surface area contributed by atoms with Gasteiger partial charge in [0.05, 0.1) is 18.8 Å². The van der Waals surface area contributed by atoms with E-state index in [0.29, 0.717) is 18.5 Å². The van der Waals surface area contributed by atoms with Crippen LogP contribution < -0.4 is 0 Å². The molecule has 1 aromatic rings. The van der Waals surface area contributed by atoms with E-state index in [9.17, 15) is 9.90 Å². The zero-order valence-electron chi connectivity index (χ0n) is 10.2. The predicted molar refractivity (Wildman–Crippen MR) is 71.5 cm³/mol. The van der Waals surface area contributed by atoms with Crippen LogP contribution >= 0.6 is 15.9 Å². The maximum absolute atomic E-state index is 12.4. The van der Waals surface area contributed by atoms with Crippen LogP contribution in [0.15, 0.2) is 28.7 Å². The van der Waals surface area contributed by atoms with Gasteiger partial charge in [0, 0.05) is 23.7 Å². The number of nitrogens with zero attached hydrogens (tertiary/aromatic N) is 1. The van der Waals surface area contributed by atoms with Gasteiger partial charge in [-0.25, -0.2) is 0 Å². The Labute approximate surface area is 115 Å². The molecule has 2 atom stereocenters. The van der Waals surface area contributed by atoms with Crippen molar-refractivity contribution in [1.82, 2.24) is 4.90 Å². The van der Waals surface area contributed by atoms with Crippen LogP contribution in [0.25, 0.3) is 0 Å². The standard InChI is InChI=1S/C13H16BrNO3/c1-18-12-6-11(8-16)15(7-12)13(17)9-3-2-4-10(14)5-9/h2-5,11-12,16H,6-8H2,1H3/t11-,12-/m0/s1. The van der Waals surface area contributed by atoms with Gasteiger partial charge in [-0.3, -0.25) is 4.79 Å². The zero-order chi connectivity index (χ0) is 13.1. The highest BCUT2D eigenvalue weighted by Crippen LogP contribution is 2.23. The van der Waals surface area contributed by atoms with Gasteiger partial charge in [0.2, 0.25) is 0 Å². The number of aliphatic hydroxyl groups is 1. The van der Waals surface area contributed by atoms with Crippen LogP contribution in [0.3, 0.4) is 0 Å². The number of rotatable bonds is 3. The lowest BCUT2D eigenvalue weighted by molar-refractivity contribution is 0.0648. The van der Waals surface area contributed by atoms with Crippen LogP contribution in [0, 0.1) is 0 Å². The smallest absolute Gasteiger partial charge is 0.254 e. The number of aliphatic hydroxyl groups excluding tert-OH is 1. The minimum atomic E-state index is -0.151. The van der Waals surface area contributed by atoms with E-state index in [2.05, 4.69) is 15.9 Å². The molecule has 0 bridgehead atoms. The van der Waals surface area contributed by atoms with Gasteiger partial charge in [-0.05, 0) is 24.6 Å². The summed E-state index contributed by atoms with van der Waals surface area (Å²) >= 11 is 3.35. The third kappa shape index (κ3) is 2.74. The molecule has 2 rings (SSSR count). The van der Waals surface area contributed by atoms with Gasteiger partial charge in [0.25, 0.3) is 5.91 Å². The van der Waals surface area contributed by atoms with Gasteiger partial charge in [-0.2, -0.15) is 0 Å². The first-order valence-corrected chi connectivity index (χ1v) is 6.65. The number of carbonyl (C=O) groups is 1. The lowest BCUT2D eigenvalue weighted by Crippen LogP contribution is -2.38. The Hall–Kier alpha value is -0.910. The Bertz CT molecular complexity index is 438. The molecule has 18 heavy (non-hydrogen) atoms. The first-order valence-electron chi connectivity index (χ1n) is 5.86. The van der Waals surface area contributed by atoms with Crippen LogP contribution in [-0.4, -0.2) is 48.3 Å². The molecule has 1 aromatic carbocycles. The van der Waals surface area contributed by atoms with Crippen molar-refractivity contribution in [3.05, 3.63) is 34.3 Å². The summed E-state index contributed by atoms with van der Waals surface area (Å²) in [6, 6.07) is 7.12. The highest BCUT2D eigenvalue weighted by molar-refractivity contribution is 9.10. The van der Waals surface area contributed by atoms with E-state index in [-0.39, 0.29) is 24.7 Å².